The summed E-state index contributed by atoms with van der Waals surface area (Å²) in [5.74, 6) is 0.706. The van der Waals surface area contributed by atoms with Crippen LogP contribution in [0.4, 0.5) is 0 Å². The van der Waals surface area contributed by atoms with E-state index in [1.807, 2.05) is 6.92 Å². The number of hydrogen-bond acceptors (Lipinski definition) is 3. The van der Waals surface area contributed by atoms with Gasteiger partial charge in [-0.2, -0.15) is 0 Å². The Hall–Kier alpha value is -0.120. The van der Waals surface area contributed by atoms with Crippen LogP contribution in [0.25, 0.3) is 0 Å². The molecule has 1 unspecified atom stereocenters. The zero-order valence-corrected chi connectivity index (χ0v) is 10.7. The van der Waals surface area contributed by atoms with Gasteiger partial charge in [0, 0.05) is 6.04 Å². The third-order valence-corrected chi connectivity index (χ3v) is 4.17. The summed E-state index contributed by atoms with van der Waals surface area (Å²) in [5.41, 5.74) is -0.489. The van der Waals surface area contributed by atoms with Crippen LogP contribution in [0.5, 0.6) is 0 Å². The van der Waals surface area contributed by atoms with Gasteiger partial charge < -0.3 is 15.5 Å². The van der Waals surface area contributed by atoms with Crippen molar-refractivity contribution in [2.45, 2.75) is 64.0 Å². The predicted molar refractivity (Wildman–Crippen MR) is 66.4 cm³/mol. The van der Waals surface area contributed by atoms with E-state index >= 15 is 0 Å². The lowest BCUT2D eigenvalue weighted by Gasteiger charge is -2.37. The highest BCUT2D eigenvalue weighted by molar-refractivity contribution is 4.90. The lowest BCUT2D eigenvalue weighted by molar-refractivity contribution is 0.0683. The lowest BCUT2D eigenvalue weighted by Crippen LogP contribution is -2.56. The molecule has 0 spiro atoms. The average molecular weight is 229 g/mol. The molecule has 0 heterocycles. The van der Waals surface area contributed by atoms with Gasteiger partial charge in [-0.25, -0.2) is 0 Å². The van der Waals surface area contributed by atoms with Gasteiger partial charge in [-0.1, -0.05) is 26.2 Å². The van der Waals surface area contributed by atoms with Crippen molar-refractivity contribution in [2.75, 3.05) is 13.2 Å². The first-order chi connectivity index (χ1) is 7.67. The van der Waals surface area contributed by atoms with Crippen LogP contribution in [0, 0.1) is 5.92 Å². The summed E-state index contributed by atoms with van der Waals surface area (Å²) in [6, 6.07) is 0.388. The van der Waals surface area contributed by atoms with E-state index in [9.17, 15) is 10.2 Å². The molecule has 16 heavy (non-hydrogen) atoms. The quantitative estimate of drug-likeness (QED) is 0.649. The molecule has 0 bridgehead atoms. The Kier molecular flexibility index (Phi) is 5.73. The van der Waals surface area contributed by atoms with E-state index in [1.54, 1.807) is 0 Å². The van der Waals surface area contributed by atoms with Gasteiger partial charge in [0.1, 0.15) is 0 Å². The van der Waals surface area contributed by atoms with E-state index in [1.165, 1.54) is 32.1 Å². The molecular formula is C13H27NO2. The second kappa shape index (κ2) is 6.58. The summed E-state index contributed by atoms with van der Waals surface area (Å²) in [5, 5.41) is 22.3. The molecule has 3 N–H and O–H groups in total. The molecule has 96 valence electrons. The Morgan fingerprint density at radius 3 is 2.19 bits per heavy atom. The molecule has 1 aliphatic rings. The minimum absolute atomic E-state index is 0.0110. The van der Waals surface area contributed by atoms with Gasteiger partial charge in [0.05, 0.1) is 18.8 Å². The summed E-state index contributed by atoms with van der Waals surface area (Å²) in [4.78, 5) is 0. The van der Waals surface area contributed by atoms with Crippen molar-refractivity contribution in [2.24, 2.45) is 5.92 Å². The van der Waals surface area contributed by atoms with Crippen LogP contribution in [0.15, 0.2) is 0 Å². The van der Waals surface area contributed by atoms with Crippen LogP contribution in [-0.4, -0.2) is 35.0 Å². The molecule has 0 saturated heterocycles. The minimum atomic E-state index is -0.489. The second-order valence-electron chi connectivity index (χ2n) is 5.28. The molecule has 1 saturated carbocycles. The van der Waals surface area contributed by atoms with Crippen molar-refractivity contribution in [3.8, 4) is 0 Å². The topological polar surface area (TPSA) is 52.5 Å². The maximum atomic E-state index is 9.40. The maximum Gasteiger partial charge on any atom is 0.0647 e. The van der Waals surface area contributed by atoms with E-state index in [2.05, 4.69) is 12.2 Å². The molecule has 1 atom stereocenters. The average Bonchev–Trinajstić information content (AvgIpc) is 2.37. The van der Waals surface area contributed by atoms with E-state index in [-0.39, 0.29) is 13.2 Å². The summed E-state index contributed by atoms with van der Waals surface area (Å²) >= 11 is 0. The van der Waals surface area contributed by atoms with Gasteiger partial charge in [0.2, 0.25) is 0 Å². The number of aliphatic hydroxyl groups is 2. The SMILES string of the molecule is CCC(CO)(CO)NC(C)C1CCCCC1. The van der Waals surface area contributed by atoms with Crippen LogP contribution in [0.2, 0.25) is 0 Å². The highest BCUT2D eigenvalue weighted by Gasteiger charge is 2.31. The lowest BCUT2D eigenvalue weighted by atomic mass is 9.83. The largest absolute Gasteiger partial charge is 0.394 e. The Balaban J connectivity index is 2.49. The van der Waals surface area contributed by atoms with Crippen LogP contribution in [-0.2, 0) is 0 Å². The number of rotatable bonds is 6. The zero-order chi connectivity index (χ0) is 12.0. The Morgan fingerprint density at radius 1 is 1.19 bits per heavy atom. The molecule has 0 aromatic carbocycles. The number of nitrogens with one attached hydrogen (secondary N) is 1. The Morgan fingerprint density at radius 2 is 1.75 bits per heavy atom. The van der Waals surface area contributed by atoms with Crippen LogP contribution >= 0.6 is 0 Å². The van der Waals surface area contributed by atoms with Gasteiger partial charge in [-0.05, 0) is 32.1 Å². The summed E-state index contributed by atoms with van der Waals surface area (Å²) in [7, 11) is 0. The smallest absolute Gasteiger partial charge is 0.0647 e. The molecule has 1 fully saturated rings. The summed E-state index contributed by atoms with van der Waals surface area (Å²) < 4.78 is 0. The van der Waals surface area contributed by atoms with Crippen molar-refractivity contribution in [1.29, 1.82) is 0 Å². The van der Waals surface area contributed by atoms with Crippen molar-refractivity contribution < 1.29 is 10.2 Å². The molecular weight excluding hydrogens is 202 g/mol. The van der Waals surface area contributed by atoms with Crippen molar-refractivity contribution in [1.82, 2.24) is 5.32 Å². The van der Waals surface area contributed by atoms with E-state index in [4.69, 9.17) is 0 Å². The second-order valence-corrected chi connectivity index (χ2v) is 5.28. The molecule has 0 aromatic rings. The fourth-order valence-corrected chi connectivity index (χ4v) is 2.70. The molecule has 1 rings (SSSR count). The number of aliphatic hydroxyl groups excluding tert-OH is 2. The van der Waals surface area contributed by atoms with Crippen LogP contribution in [0.3, 0.4) is 0 Å². The minimum Gasteiger partial charge on any atom is -0.394 e. The van der Waals surface area contributed by atoms with E-state index in [0.29, 0.717) is 12.0 Å². The zero-order valence-electron chi connectivity index (χ0n) is 10.7. The van der Waals surface area contributed by atoms with Gasteiger partial charge in [0.15, 0.2) is 0 Å². The first-order valence-corrected chi connectivity index (χ1v) is 6.67. The standard InChI is InChI=1S/C13H27NO2/c1-3-13(9-15,10-16)14-11(2)12-7-5-4-6-8-12/h11-12,14-16H,3-10H2,1-2H3. The molecule has 0 aromatic heterocycles. The molecule has 3 nitrogen and oxygen atoms in total. The van der Waals surface area contributed by atoms with E-state index < -0.39 is 5.54 Å². The van der Waals surface area contributed by atoms with Gasteiger partial charge >= 0.3 is 0 Å². The van der Waals surface area contributed by atoms with Crippen molar-refractivity contribution in [3.63, 3.8) is 0 Å². The third kappa shape index (κ3) is 3.44. The molecule has 0 radical (unpaired) electrons. The normalized spacial score (nSPS) is 21.0. The van der Waals surface area contributed by atoms with Gasteiger partial charge in [-0.15, -0.1) is 0 Å². The van der Waals surface area contributed by atoms with Gasteiger partial charge in [-0.3, -0.25) is 0 Å². The maximum absolute atomic E-state index is 9.40. The Labute approximate surface area is 99.3 Å². The first-order valence-electron chi connectivity index (χ1n) is 6.67. The summed E-state index contributed by atoms with van der Waals surface area (Å²) in [6.45, 7) is 4.22. The molecule has 3 heteroatoms. The molecule has 0 aliphatic heterocycles. The van der Waals surface area contributed by atoms with Crippen LogP contribution in [0.1, 0.15) is 52.4 Å². The first kappa shape index (κ1) is 13.9. The van der Waals surface area contributed by atoms with Gasteiger partial charge in [0.25, 0.3) is 0 Å². The van der Waals surface area contributed by atoms with E-state index in [0.717, 1.165) is 6.42 Å². The predicted octanol–water partition coefficient (Wildman–Crippen LogP) is 1.68. The fourth-order valence-electron chi connectivity index (χ4n) is 2.70. The van der Waals surface area contributed by atoms with Crippen LogP contribution < -0.4 is 5.32 Å². The van der Waals surface area contributed by atoms with Crippen molar-refractivity contribution in [3.05, 3.63) is 0 Å². The highest BCUT2D eigenvalue weighted by Crippen LogP contribution is 2.27. The fraction of sp³-hybridized carbons (Fsp3) is 1.00. The summed E-state index contributed by atoms with van der Waals surface area (Å²) in [6.07, 6.45) is 7.34. The monoisotopic (exact) mass is 229 g/mol. The highest BCUT2D eigenvalue weighted by atomic mass is 16.3. The Bertz CT molecular complexity index is 178. The van der Waals surface area contributed by atoms with Crippen molar-refractivity contribution >= 4 is 0 Å². The molecule has 1 aliphatic carbocycles. The number of hydrogen-bond donors (Lipinski definition) is 3. The molecule has 0 amide bonds. The third-order valence-electron chi connectivity index (χ3n) is 4.17.